The molecule has 2 aromatic carbocycles. The van der Waals surface area contributed by atoms with Gasteiger partial charge in [0.05, 0.1) is 18.7 Å². The summed E-state index contributed by atoms with van der Waals surface area (Å²) in [5.41, 5.74) is 1.98. The van der Waals surface area contributed by atoms with E-state index >= 15 is 0 Å². The van der Waals surface area contributed by atoms with Crippen molar-refractivity contribution in [3.8, 4) is 23.1 Å². The largest absolute Gasteiger partial charge is 0.463 e. The number of aromatic nitrogens is 3. The van der Waals surface area contributed by atoms with Crippen molar-refractivity contribution >= 4 is 22.9 Å². The first-order valence-electron chi connectivity index (χ1n) is 9.41. The molecule has 0 spiro atoms. The van der Waals surface area contributed by atoms with Crippen LogP contribution in [-0.4, -0.2) is 27.3 Å². The van der Waals surface area contributed by atoms with Crippen LogP contribution in [0.15, 0.2) is 66.0 Å². The van der Waals surface area contributed by atoms with Gasteiger partial charge < -0.3 is 10.1 Å². The van der Waals surface area contributed by atoms with Crippen LogP contribution in [0, 0.1) is 5.82 Å². The first-order valence-corrected chi connectivity index (χ1v) is 10.3. The third kappa shape index (κ3) is 4.55. The summed E-state index contributed by atoms with van der Waals surface area (Å²) in [5, 5.41) is 9.22. The van der Waals surface area contributed by atoms with Crippen molar-refractivity contribution < 1.29 is 13.9 Å². The molecule has 0 saturated heterocycles. The lowest BCUT2D eigenvalue weighted by Crippen LogP contribution is -2.13. The van der Waals surface area contributed by atoms with Crippen LogP contribution in [0.3, 0.4) is 0 Å². The molecule has 8 heteroatoms. The third-order valence-electron chi connectivity index (χ3n) is 4.25. The Bertz CT molecular complexity index is 1140. The Hall–Kier alpha value is -3.52. The normalized spacial score (nSPS) is 10.7. The van der Waals surface area contributed by atoms with Crippen LogP contribution in [0.4, 0.5) is 10.1 Å². The number of hydrogen-bond acceptors (Lipinski definition) is 5. The quantitative estimate of drug-likeness (QED) is 0.468. The maximum absolute atomic E-state index is 13.7. The first kappa shape index (κ1) is 19.8. The number of rotatable bonds is 7. The lowest BCUT2D eigenvalue weighted by Gasteiger charge is -2.08. The number of nitrogens with one attached hydrogen (secondary N) is 1. The molecule has 0 aliphatic carbocycles. The highest BCUT2D eigenvalue weighted by Crippen LogP contribution is 2.25. The highest BCUT2D eigenvalue weighted by molar-refractivity contribution is 7.10. The molecule has 30 heavy (non-hydrogen) atoms. The number of thiophene rings is 1. The lowest BCUT2D eigenvalue weighted by molar-refractivity contribution is -0.115. The van der Waals surface area contributed by atoms with Gasteiger partial charge in [-0.2, -0.15) is 4.98 Å². The Morgan fingerprint density at radius 2 is 2.00 bits per heavy atom. The predicted octanol–water partition coefficient (Wildman–Crippen LogP) is 4.71. The van der Waals surface area contributed by atoms with Crippen molar-refractivity contribution in [2.75, 3.05) is 11.9 Å². The summed E-state index contributed by atoms with van der Waals surface area (Å²) in [7, 11) is 0. The number of nitrogens with zero attached hydrogens (tertiary/aromatic N) is 3. The minimum Gasteiger partial charge on any atom is -0.463 e. The minimum atomic E-state index is -0.358. The summed E-state index contributed by atoms with van der Waals surface area (Å²) in [6, 6.07) is 17.4. The number of hydrogen-bond donors (Lipinski definition) is 1. The Morgan fingerprint density at radius 3 is 2.70 bits per heavy atom. The van der Waals surface area contributed by atoms with E-state index in [9.17, 15) is 9.18 Å². The van der Waals surface area contributed by atoms with Crippen molar-refractivity contribution in [2.24, 2.45) is 0 Å². The van der Waals surface area contributed by atoms with Crippen molar-refractivity contribution in [3.63, 3.8) is 0 Å². The lowest BCUT2D eigenvalue weighted by atomic mass is 10.2. The zero-order valence-electron chi connectivity index (χ0n) is 16.2. The zero-order chi connectivity index (χ0) is 20.9. The second kappa shape index (κ2) is 8.87. The van der Waals surface area contributed by atoms with Gasteiger partial charge in [-0.15, -0.1) is 16.4 Å². The molecule has 4 rings (SSSR count). The van der Waals surface area contributed by atoms with Crippen molar-refractivity contribution in [2.45, 2.75) is 13.3 Å². The Kier molecular flexibility index (Phi) is 5.85. The SMILES string of the molecule is CCOc1nc(-c2cccc(F)c2)n(-c2ccc(NC(=O)Cc3cccs3)cc2)n1. The molecule has 1 amide bonds. The average Bonchev–Trinajstić information content (AvgIpc) is 3.39. The highest BCUT2D eigenvalue weighted by Gasteiger charge is 2.15. The van der Waals surface area contributed by atoms with Gasteiger partial charge in [0, 0.05) is 16.1 Å². The monoisotopic (exact) mass is 422 g/mol. The van der Waals surface area contributed by atoms with Crippen LogP contribution >= 0.6 is 11.3 Å². The molecule has 0 fully saturated rings. The summed E-state index contributed by atoms with van der Waals surface area (Å²) in [6.45, 7) is 2.26. The fraction of sp³-hybridized carbons (Fsp3) is 0.136. The van der Waals surface area contributed by atoms with Gasteiger partial charge in [-0.05, 0) is 54.8 Å². The number of amides is 1. The summed E-state index contributed by atoms with van der Waals surface area (Å²) in [5.74, 6) is 0.0290. The molecule has 0 atom stereocenters. The van der Waals surface area contributed by atoms with E-state index < -0.39 is 0 Å². The standard InChI is InChI=1S/C22H19FN4O2S/c1-2-29-22-25-21(15-5-3-6-16(23)13-15)27(26-22)18-10-8-17(9-11-18)24-20(28)14-19-7-4-12-30-19/h3-13H,2,14H2,1H3,(H,24,28). The second-order valence-electron chi connectivity index (χ2n) is 6.42. The van der Waals surface area contributed by atoms with E-state index in [4.69, 9.17) is 4.74 Å². The molecule has 0 saturated carbocycles. The molecule has 6 nitrogen and oxygen atoms in total. The molecule has 0 aliphatic rings. The predicted molar refractivity (Wildman–Crippen MR) is 115 cm³/mol. The number of carbonyl (C=O) groups excluding carboxylic acids is 1. The van der Waals surface area contributed by atoms with Crippen LogP contribution in [-0.2, 0) is 11.2 Å². The number of anilines is 1. The summed E-state index contributed by atoms with van der Waals surface area (Å²) in [4.78, 5) is 17.6. The Balaban J connectivity index is 1.58. The molecular formula is C22H19FN4O2S. The van der Waals surface area contributed by atoms with Gasteiger partial charge in [0.2, 0.25) is 5.91 Å². The number of carbonyl (C=O) groups is 1. The number of halogens is 1. The van der Waals surface area contributed by atoms with Crippen LogP contribution < -0.4 is 10.1 Å². The van der Waals surface area contributed by atoms with Gasteiger partial charge >= 0.3 is 6.01 Å². The molecule has 0 aliphatic heterocycles. The van der Waals surface area contributed by atoms with Gasteiger partial charge in [0.15, 0.2) is 5.82 Å². The molecule has 0 unspecified atom stereocenters. The summed E-state index contributed by atoms with van der Waals surface area (Å²) >= 11 is 1.55. The van der Waals surface area contributed by atoms with Gasteiger partial charge in [-0.25, -0.2) is 9.07 Å². The smallest absolute Gasteiger partial charge is 0.336 e. The molecule has 1 N–H and O–H groups in total. The number of ether oxygens (including phenoxy) is 1. The van der Waals surface area contributed by atoms with Crippen molar-refractivity contribution in [1.82, 2.24) is 14.8 Å². The minimum absolute atomic E-state index is 0.0787. The molecule has 2 aromatic heterocycles. The van der Waals surface area contributed by atoms with Crippen LogP contribution in [0.5, 0.6) is 6.01 Å². The van der Waals surface area contributed by atoms with Crippen LogP contribution in [0.2, 0.25) is 0 Å². The molecule has 152 valence electrons. The van der Waals surface area contributed by atoms with Gasteiger partial charge in [0.25, 0.3) is 0 Å². The topological polar surface area (TPSA) is 69.0 Å². The Labute approximate surface area is 177 Å². The summed E-state index contributed by atoms with van der Waals surface area (Å²) in [6.07, 6.45) is 0.337. The zero-order valence-corrected chi connectivity index (χ0v) is 17.0. The van der Waals surface area contributed by atoms with E-state index in [1.54, 1.807) is 40.3 Å². The maximum Gasteiger partial charge on any atom is 0.336 e. The average molecular weight is 422 g/mol. The molecule has 0 bridgehead atoms. The van der Waals surface area contributed by atoms with E-state index in [1.165, 1.54) is 12.1 Å². The molecule has 2 heterocycles. The summed E-state index contributed by atoms with van der Waals surface area (Å²) < 4.78 is 20.8. The van der Waals surface area contributed by atoms with Gasteiger partial charge in [0.1, 0.15) is 5.82 Å². The van der Waals surface area contributed by atoms with E-state index in [-0.39, 0.29) is 17.7 Å². The molecular weight excluding hydrogens is 403 g/mol. The van der Waals surface area contributed by atoms with Crippen LogP contribution in [0.25, 0.3) is 17.1 Å². The van der Waals surface area contributed by atoms with Gasteiger partial charge in [-0.1, -0.05) is 18.2 Å². The van der Waals surface area contributed by atoms with Crippen LogP contribution in [0.1, 0.15) is 11.8 Å². The van der Waals surface area contributed by atoms with E-state index in [0.717, 1.165) is 4.88 Å². The Morgan fingerprint density at radius 1 is 1.17 bits per heavy atom. The highest BCUT2D eigenvalue weighted by atomic mass is 32.1. The van der Waals surface area contributed by atoms with E-state index in [2.05, 4.69) is 15.4 Å². The molecule has 0 radical (unpaired) electrons. The third-order valence-corrected chi connectivity index (χ3v) is 5.13. The maximum atomic E-state index is 13.7. The second-order valence-corrected chi connectivity index (χ2v) is 7.46. The fourth-order valence-corrected chi connectivity index (χ4v) is 3.64. The van der Waals surface area contributed by atoms with E-state index in [0.29, 0.717) is 35.8 Å². The van der Waals surface area contributed by atoms with E-state index in [1.807, 2.05) is 36.6 Å². The first-order chi connectivity index (χ1) is 14.6. The number of benzene rings is 2. The fourth-order valence-electron chi connectivity index (χ4n) is 2.94. The van der Waals surface area contributed by atoms with Crippen molar-refractivity contribution in [3.05, 3.63) is 76.7 Å². The van der Waals surface area contributed by atoms with Crippen molar-refractivity contribution in [1.29, 1.82) is 0 Å². The van der Waals surface area contributed by atoms with Gasteiger partial charge in [-0.3, -0.25) is 4.79 Å². The molecule has 4 aromatic rings.